The molecular weight excluding hydrogens is 661 g/mol. The minimum absolute atomic E-state index is 0.0862. The summed E-state index contributed by atoms with van der Waals surface area (Å²) in [4.78, 5) is 29.4. The molecule has 2 saturated heterocycles. The molecule has 2 fully saturated rings. The summed E-state index contributed by atoms with van der Waals surface area (Å²) in [6, 6.07) is 0. The first-order valence-electron chi connectivity index (χ1n) is 17.4. The second-order valence-corrected chi connectivity index (χ2v) is 17.0. The van der Waals surface area contributed by atoms with Crippen molar-refractivity contribution in [2.45, 2.75) is 129 Å². The largest absolute Gasteiger partial charge is 0.396 e. The van der Waals surface area contributed by atoms with Crippen molar-refractivity contribution in [2.24, 2.45) is 0 Å². The van der Waals surface area contributed by atoms with Crippen LogP contribution in [0.1, 0.15) is 117 Å². The minimum atomic E-state index is 0.0862. The number of amides is 2. The number of carbonyl (C=O) groups is 2. The van der Waals surface area contributed by atoms with Gasteiger partial charge >= 0.3 is 0 Å². The lowest BCUT2D eigenvalue weighted by molar-refractivity contribution is -0.117. The smallest absolute Gasteiger partial charge is 0.213 e. The Morgan fingerprint density at radius 1 is 0.652 bits per heavy atom. The third-order valence-electron chi connectivity index (χ3n) is 8.52. The van der Waals surface area contributed by atoms with E-state index in [2.05, 4.69) is 0 Å². The monoisotopic (exact) mass is 720 g/mol. The quantitative estimate of drug-likeness (QED) is 0.0448. The van der Waals surface area contributed by atoms with Crippen LogP contribution in [-0.4, -0.2) is 96.1 Å². The van der Waals surface area contributed by atoms with Crippen LogP contribution in [0, 0.1) is 0 Å². The zero-order chi connectivity index (χ0) is 33.2. The first-order chi connectivity index (χ1) is 22.5. The van der Waals surface area contributed by atoms with E-state index in [1.54, 1.807) is 43.2 Å². The molecule has 2 amide bonds. The number of hydrogen-bond acceptors (Lipinski definition) is 10. The fourth-order valence-corrected chi connectivity index (χ4v) is 11.1. The SMILES string of the molecule is C/C(=C(\CCO)SSCC1CCCO1)N(C=O)CCCCCCCCCCCCN(C=O)/C(C)=C(/CCO)SSCC1CCCO1. The number of aliphatic hydroxyl groups excluding tert-OH is 2. The van der Waals surface area contributed by atoms with Gasteiger partial charge in [0.1, 0.15) is 0 Å². The molecule has 2 heterocycles. The third-order valence-corrected chi connectivity index (χ3v) is 13.9. The molecule has 0 radical (unpaired) electrons. The van der Waals surface area contributed by atoms with Crippen molar-refractivity contribution >= 4 is 56.0 Å². The predicted octanol–water partition coefficient (Wildman–Crippen LogP) is 8.15. The van der Waals surface area contributed by atoms with Crippen molar-refractivity contribution in [1.29, 1.82) is 0 Å². The van der Waals surface area contributed by atoms with Crippen LogP contribution in [0.5, 0.6) is 0 Å². The van der Waals surface area contributed by atoms with E-state index in [9.17, 15) is 19.8 Å². The van der Waals surface area contributed by atoms with Gasteiger partial charge in [0.25, 0.3) is 0 Å². The fourth-order valence-electron chi connectivity index (χ4n) is 5.58. The molecule has 2 unspecified atom stereocenters. The molecule has 2 atom stereocenters. The van der Waals surface area contributed by atoms with Crippen LogP contribution < -0.4 is 0 Å². The molecule has 0 aliphatic carbocycles. The van der Waals surface area contributed by atoms with Gasteiger partial charge in [0.15, 0.2) is 0 Å². The summed E-state index contributed by atoms with van der Waals surface area (Å²) in [5.74, 6) is 1.87. The van der Waals surface area contributed by atoms with Gasteiger partial charge in [0, 0.05) is 85.1 Å². The standard InChI is InChI=1S/C34H60N2O6S4/c1-29(33(17-21-37)45-43-25-31-15-13-23-41-31)35(27-39)19-11-9-7-5-3-4-6-8-10-12-20-36(28-40)30(2)34(18-22-38)46-44-26-32-16-14-24-42-32/h27-28,31-32,37-38H,3-26H2,1-2H3/b33-29-,34-30-. The van der Waals surface area contributed by atoms with Gasteiger partial charge in [-0.15, -0.1) is 0 Å². The van der Waals surface area contributed by atoms with Gasteiger partial charge in [-0.25, -0.2) is 0 Å². The average Bonchev–Trinajstić information content (AvgIpc) is 3.79. The maximum atomic E-state index is 11.8. The Hall–Kier alpha value is -0.340. The molecule has 8 nitrogen and oxygen atoms in total. The second-order valence-electron chi connectivity index (χ2n) is 12.1. The van der Waals surface area contributed by atoms with E-state index in [4.69, 9.17) is 9.47 Å². The van der Waals surface area contributed by atoms with Crippen LogP contribution in [0.4, 0.5) is 0 Å². The lowest BCUT2D eigenvalue weighted by atomic mass is 10.1. The Labute approximate surface area is 294 Å². The van der Waals surface area contributed by atoms with Crippen molar-refractivity contribution in [3.8, 4) is 0 Å². The molecule has 2 N–H and O–H groups in total. The Balaban J connectivity index is 1.54. The molecule has 0 saturated carbocycles. The van der Waals surface area contributed by atoms with Crippen molar-refractivity contribution in [3.05, 3.63) is 21.2 Å². The summed E-state index contributed by atoms with van der Waals surface area (Å²) >= 11 is 0. The van der Waals surface area contributed by atoms with Crippen LogP contribution in [0.15, 0.2) is 21.2 Å². The highest BCUT2D eigenvalue weighted by molar-refractivity contribution is 8.78. The molecule has 46 heavy (non-hydrogen) atoms. The number of unbranched alkanes of at least 4 members (excludes halogenated alkanes) is 9. The van der Waals surface area contributed by atoms with E-state index in [0.29, 0.717) is 25.0 Å². The van der Waals surface area contributed by atoms with Crippen LogP contribution >= 0.6 is 43.2 Å². The Bertz CT molecular complexity index is 812. The molecule has 12 heteroatoms. The number of rotatable bonds is 29. The molecule has 0 aromatic carbocycles. The van der Waals surface area contributed by atoms with Gasteiger partial charge in [-0.05, 0) is 52.4 Å². The van der Waals surface area contributed by atoms with Crippen LogP contribution in [0.3, 0.4) is 0 Å². The highest BCUT2D eigenvalue weighted by Crippen LogP contribution is 2.38. The fraction of sp³-hybridized carbons (Fsp3) is 0.824. The number of allylic oxidation sites excluding steroid dienone is 2. The molecule has 0 aromatic heterocycles. The molecule has 0 bridgehead atoms. The average molecular weight is 721 g/mol. The van der Waals surface area contributed by atoms with Gasteiger partial charge in [-0.1, -0.05) is 94.5 Å². The van der Waals surface area contributed by atoms with E-state index in [1.807, 2.05) is 23.6 Å². The van der Waals surface area contributed by atoms with E-state index >= 15 is 0 Å². The molecule has 0 spiro atoms. The molecule has 2 rings (SSSR count). The Morgan fingerprint density at radius 2 is 1.02 bits per heavy atom. The summed E-state index contributed by atoms with van der Waals surface area (Å²) in [7, 11) is 6.88. The maximum Gasteiger partial charge on any atom is 0.213 e. The maximum absolute atomic E-state index is 11.8. The van der Waals surface area contributed by atoms with Gasteiger partial charge in [-0.2, -0.15) is 0 Å². The van der Waals surface area contributed by atoms with Gasteiger partial charge < -0.3 is 29.5 Å². The summed E-state index contributed by atoms with van der Waals surface area (Å²) in [6.07, 6.45) is 19.7. The topological polar surface area (TPSA) is 99.5 Å². The third kappa shape index (κ3) is 17.9. The van der Waals surface area contributed by atoms with Gasteiger partial charge in [0.05, 0.1) is 12.2 Å². The van der Waals surface area contributed by atoms with Crippen molar-refractivity contribution in [3.63, 3.8) is 0 Å². The van der Waals surface area contributed by atoms with Gasteiger partial charge in [0.2, 0.25) is 12.8 Å². The van der Waals surface area contributed by atoms with E-state index < -0.39 is 0 Å². The molecule has 0 aromatic rings. The lowest BCUT2D eigenvalue weighted by Gasteiger charge is -2.22. The highest BCUT2D eigenvalue weighted by atomic mass is 33.1. The first-order valence-corrected chi connectivity index (χ1v) is 22.0. The molecular formula is C34H60N2O6S4. The number of ether oxygens (including phenoxy) is 2. The predicted molar refractivity (Wildman–Crippen MR) is 199 cm³/mol. The number of carbonyl (C=O) groups excluding carboxylic acids is 2. The number of nitrogens with zero attached hydrogens (tertiary/aromatic N) is 2. The zero-order valence-electron chi connectivity index (χ0n) is 28.3. The summed E-state index contributed by atoms with van der Waals surface area (Å²) < 4.78 is 11.4. The number of hydrogen-bond donors (Lipinski definition) is 2. The molecule has 2 aliphatic rings. The van der Waals surface area contributed by atoms with Crippen molar-refractivity contribution in [2.75, 3.05) is 51.0 Å². The van der Waals surface area contributed by atoms with Crippen molar-refractivity contribution < 1.29 is 29.3 Å². The second kappa shape index (κ2) is 27.5. The Morgan fingerprint density at radius 3 is 1.33 bits per heavy atom. The lowest BCUT2D eigenvalue weighted by Crippen LogP contribution is -2.22. The van der Waals surface area contributed by atoms with E-state index in [1.165, 1.54) is 38.5 Å². The molecule has 266 valence electrons. The number of aliphatic hydroxyl groups is 2. The van der Waals surface area contributed by atoms with Crippen LogP contribution in [0.25, 0.3) is 0 Å². The highest BCUT2D eigenvalue weighted by Gasteiger charge is 2.18. The minimum Gasteiger partial charge on any atom is -0.396 e. The molecule has 2 aliphatic heterocycles. The van der Waals surface area contributed by atoms with E-state index in [0.717, 1.165) is 123 Å². The summed E-state index contributed by atoms with van der Waals surface area (Å²) in [5, 5.41) is 19.1. The van der Waals surface area contributed by atoms with E-state index in [-0.39, 0.29) is 13.2 Å². The van der Waals surface area contributed by atoms with Crippen LogP contribution in [0.2, 0.25) is 0 Å². The first kappa shape index (κ1) is 41.8. The van der Waals surface area contributed by atoms with Crippen LogP contribution in [-0.2, 0) is 19.1 Å². The Kier molecular flexibility index (Phi) is 25.0. The summed E-state index contributed by atoms with van der Waals surface area (Å²) in [6.45, 7) is 7.33. The van der Waals surface area contributed by atoms with Crippen molar-refractivity contribution in [1.82, 2.24) is 9.80 Å². The van der Waals surface area contributed by atoms with Gasteiger partial charge in [-0.3, -0.25) is 9.59 Å². The normalized spacial score (nSPS) is 19.2. The zero-order valence-corrected chi connectivity index (χ0v) is 31.6. The summed E-state index contributed by atoms with van der Waals surface area (Å²) in [5.41, 5.74) is 1.93.